The number of urea groups is 1. The number of primary amides is 2. The Morgan fingerprint density at radius 2 is 1.58 bits per heavy atom. The van der Waals surface area contributed by atoms with Crippen LogP contribution in [-0.4, -0.2) is 29.1 Å². The van der Waals surface area contributed by atoms with Gasteiger partial charge in [-0.2, -0.15) is 13.5 Å². The largest absolute Gasteiger partial charge is 0.480 e. The predicted molar refractivity (Wildman–Crippen MR) is 75.2 cm³/mol. The third kappa shape index (κ3) is 9.48. The number of nitrogens with one attached hydrogen (secondary N) is 1. The second-order valence-corrected chi connectivity index (χ2v) is 3.30. The van der Waals surface area contributed by atoms with Crippen LogP contribution < -0.4 is 16.8 Å². The van der Waals surface area contributed by atoms with Gasteiger partial charge in [0.15, 0.2) is 0 Å². The molecule has 0 saturated carbocycles. The van der Waals surface area contributed by atoms with Gasteiger partial charge in [0.25, 0.3) is 5.91 Å². The Morgan fingerprint density at radius 1 is 1.16 bits per heavy atom. The summed E-state index contributed by atoms with van der Waals surface area (Å²) in [5.74, 6) is -1.42. The van der Waals surface area contributed by atoms with E-state index in [2.05, 4.69) is 16.8 Å². The normalized spacial score (nSPS) is 9.95. The average molecular weight is 287 g/mol. The van der Waals surface area contributed by atoms with E-state index < -0.39 is 18.0 Å². The smallest absolute Gasteiger partial charge is 0.325 e. The molecule has 0 fully saturated rings. The quantitative estimate of drug-likeness (QED) is 0.623. The van der Waals surface area contributed by atoms with Crippen molar-refractivity contribution in [3.63, 3.8) is 0 Å². The highest BCUT2D eigenvalue weighted by Gasteiger charge is 2.14. The highest BCUT2D eigenvalue weighted by molar-refractivity contribution is 7.59. The molecule has 1 rings (SSSR count). The molecule has 106 valence electrons. The second kappa shape index (κ2) is 9.77. The molecule has 0 spiro atoms. The molecule has 0 aliphatic rings. The molecule has 1 unspecified atom stereocenters. The van der Waals surface area contributed by atoms with Gasteiger partial charge in [0.05, 0.1) is 0 Å². The number of carboxylic acids is 1. The van der Waals surface area contributed by atoms with Crippen LogP contribution in [0.1, 0.15) is 17.3 Å². The first-order valence-corrected chi connectivity index (χ1v) is 4.98. The van der Waals surface area contributed by atoms with Crippen molar-refractivity contribution in [2.45, 2.75) is 13.0 Å². The molecule has 0 bridgehead atoms. The number of carbonyl (C=O) groups excluding carboxylic acids is 2. The molecular weight excluding hydrogens is 270 g/mol. The van der Waals surface area contributed by atoms with Crippen molar-refractivity contribution >= 4 is 31.4 Å². The minimum Gasteiger partial charge on any atom is -0.480 e. The average Bonchev–Trinajstić information content (AvgIpc) is 2.29. The highest BCUT2D eigenvalue weighted by Crippen LogP contribution is 1.98. The van der Waals surface area contributed by atoms with Crippen LogP contribution in [0.15, 0.2) is 30.3 Å². The van der Waals surface area contributed by atoms with E-state index >= 15 is 0 Å². The van der Waals surface area contributed by atoms with Crippen molar-refractivity contribution in [1.29, 1.82) is 0 Å². The molecular formula is C11H17N3O4S. The van der Waals surface area contributed by atoms with Gasteiger partial charge in [-0.15, -0.1) is 0 Å². The molecule has 1 atom stereocenters. The molecule has 1 aromatic rings. The Bertz CT molecular complexity index is 421. The van der Waals surface area contributed by atoms with Gasteiger partial charge in [-0.25, -0.2) is 4.79 Å². The molecule has 8 heteroatoms. The number of amides is 3. The maximum Gasteiger partial charge on any atom is 0.325 e. The molecule has 7 nitrogen and oxygen atoms in total. The van der Waals surface area contributed by atoms with Gasteiger partial charge >= 0.3 is 12.0 Å². The summed E-state index contributed by atoms with van der Waals surface area (Å²) in [4.78, 5) is 30.8. The molecule has 19 heavy (non-hydrogen) atoms. The minimum atomic E-state index is -1.05. The van der Waals surface area contributed by atoms with E-state index in [4.69, 9.17) is 9.90 Å². The molecule has 0 radical (unpaired) electrons. The van der Waals surface area contributed by atoms with Crippen LogP contribution in [0.3, 0.4) is 0 Å². The van der Waals surface area contributed by atoms with E-state index in [0.717, 1.165) is 0 Å². The number of hydrogen-bond donors (Lipinski definition) is 4. The predicted octanol–water partition coefficient (Wildman–Crippen LogP) is 0.0261. The SMILES string of the molecule is CC(NC(=O)c1ccccc1)C(=O)O.NC(N)=O.S. The molecule has 0 saturated heterocycles. The number of rotatable bonds is 3. The maximum absolute atomic E-state index is 11.4. The summed E-state index contributed by atoms with van der Waals surface area (Å²) in [5, 5.41) is 10.9. The fraction of sp³-hybridized carbons (Fsp3) is 0.182. The van der Waals surface area contributed by atoms with Gasteiger partial charge in [-0.05, 0) is 19.1 Å². The zero-order valence-electron chi connectivity index (χ0n) is 10.3. The summed E-state index contributed by atoms with van der Waals surface area (Å²) in [6.07, 6.45) is 0. The van der Waals surface area contributed by atoms with E-state index in [1.54, 1.807) is 30.3 Å². The van der Waals surface area contributed by atoms with Crippen LogP contribution >= 0.6 is 13.5 Å². The van der Waals surface area contributed by atoms with Gasteiger partial charge in [-0.1, -0.05) is 18.2 Å². The molecule has 3 amide bonds. The maximum atomic E-state index is 11.4. The second-order valence-electron chi connectivity index (χ2n) is 3.30. The lowest BCUT2D eigenvalue weighted by atomic mass is 10.2. The third-order valence-electron chi connectivity index (χ3n) is 1.75. The zero-order chi connectivity index (χ0) is 14.1. The van der Waals surface area contributed by atoms with Crippen LogP contribution in [0.5, 0.6) is 0 Å². The summed E-state index contributed by atoms with van der Waals surface area (Å²) < 4.78 is 0. The molecule has 0 aliphatic heterocycles. The number of hydrogen-bond acceptors (Lipinski definition) is 3. The summed E-state index contributed by atoms with van der Waals surface area (Å²) in [6, 6.07) is 6.79. The Hall–Kier alpha value is -2.22. The fourth-order valence-electron chi connectivity index (χ4n) is 0.931. The van der Waals surface area contributed by atoms with Crippen molar-refractivity contribution in [1.82, 2.24) is 5.32 Å². The van der Waals surface area contributed by atoms with Gasteiger partial charge in [0.2, 0.25) is 0 Å². The highest BCUT2D eigenvalue weighted by atomic mass is 32.1. The van der Waals surface area contributed by atoms with E-state index in [9.17, 15) is 9.59 Å². The van der Waals surface area contributed by atoms with E-state index in [1.807, 2.05) is 0 Å². The summed E-state index contributed by atoms with van der Waals surface area (Å²) >= 11 is 0. The Labute approximate surface area is 117 Å². The van der Waals surface area contributed by atoms with Crippen molar-refractivity contribution in [3.8, 4) is 0 Å². The standard InChI is InChI=1S/C10H11NO3.CH4N2O.H2S/c1-7(10(13)14)11-9(12)8-5-3-2-4-6-8;2-1(3)4;/h2-7H,1H3,(H,11,12)(H,13,14);(H4,2,3,4);1H2. The van der Waals surface area contributed by atoms with Crippen molar-refractivity contribution in [2.24, 2.45) is 11.5 Å². The Kier molecular flexibility index (Phi) is 9.84. The van der Waals surface area contributed by atoms with Crippen LogP contribution in [0, 0.1) is 0 Å². The Balaban J connectivity index is 0. The lowest BCUT2D eigenvalue weighted by Crippen LogP contribution is -2.38. The first kappa shape index (κ1) is 19.1. The summed E-state index contributed by atoms with van der Waals surface area (Å²) in [6.45, 7) is 1.42. The van der Waals surface area contributed by atoms with Crippen LogP contribution in [0.4, 0.5) is 4.79 Å². The van der Waals surface area contributed by atoms with Crippen LogP contribution in [-0.2, 0) is 4.79 Å². The van der Waals surface area contributed by atoms with Crippen LogP contribution in [0.25, 0.3) is 0 Å². The van der Waals surface area contributed by atoms with Gasteiger partial charge in [0, 0.05) is 5.56 Å². The first-order valence-electron chi connectivity index (χ1n) is 4.98. The summed E-state index contributed by atoms with van der Waals surface area (Å²) in [7, 11) is 0. The number of carbonyl (C=O) groups is 3. The van der Waals surface area contributed by atoms with Crippen molar-refractivity contribution < 1.29 is 19.5 Å². The van der Waals surface area contributed by atoms with E-state index in [0.29, 0.717) is 5.56 Å². The molecule has 6 N–H and O–H groups in total. The molecule has 1 aromatic carbocycles. The topological polar surface area (TPSA) is 136 Å². The zero-order valence-corrected chi connectivity index (χ0v) is 11.3. The third-order valence-corrected chi connectivity index (χ3v) is 1.75. The molecule has 0 aromatic heterocycles. The number of nitrogens with two attached hydrogens (primary N) is 2. The van der Waals surface area contributed by atoms with Crippen molar-refractivity contribution in [2.75, 3.05) is 0 Å². The van der Waals surface area contributed by atoms with E-state index in [-0.39, 0.29) is 19.4 Å². The minimum absolute atomic E-state index is 0. The van der Waals surface area contributed by atoms with Gasteiger partial charge in [0.1, 0.15) is 6.04 Å². The van der Waals surface area contributed by atoms with Crippen LogP contribution in [0.2, 0.25) is 0 Å². The van der Waals surface area contributed by atoms with Gasteiger partial charge < -0.3 is 21.9 Å². The molecule has 0 heterocycles. The fourth-order valence-corrected chi connectivity index (χ4v) is 0.931. The lowest BCUT2D eigenvalue weighted by molar-refractivity contribution is -0.138. The van der Waals surface area contributed by atoms with E-state index in [1.165, 1.54) is 6.92 Å². The number of carboxylic acid groups (broad SMARTS) is 1. The number of aliphatic carboxylic acids is 1. The summed E-state index contributed by atoms with van der Waals surface area (Å²) in [5.41, 5.74) is 8.96. The molecule has 0 aliphatic carbocycles. The van der Waals surface area contributed by atoms with Gasteiger partial charge in [-0.3, -0.25) is 9.59 Å². The van der Waals surface area contributed by atoms with Crippen molar-refractivity contribution in [3.05, 3.63) is 35.9 Å². The lowest BCUT2D eigenvalue weighted by Gasteiger charge is -2.08. The first-order chi connectivity index (χ1) is 8.34. The number of benzene rings is 1. The Morgan fingerprint density at radius 3 is 1.95 bits per heavy atom. The monoisotopic (exact) mass is 287 g/mol.